The van der Waals surface area contributed by atoms with E-state index in [1.807, 2.05) is 13.1 Å². The van der Waals surface area contributed by atoms with E-state index in [-0.39, 0.29) is 6.10 Å². The molecule has 0 aliphatic heterocycles. The SMILES string of the molecule is C=C(C)C=NCC(CC)OC1CCC(C(C)(C)C)CC1. The van der Waals surface area contributed by atoms with Crippen molar-refractivity contribution in [2.75, 3.05) is 6.54 Å². The molecule has 0 N–H and O–H groups in total. The van der Waals surface area contributed by atoms with Gasteiger partial charge in [-0.2, -0.15) is 0 Å². The van der Waals surface area contributed by atoms with Crippen LogP contribution in [0.2, 0.25) is 0 Å². The lowest BCUT2D eigenvalue weighted by Gasteiger charge is -2.37. The minimum atomic E-state index is 0.266. The Kier molecular flexibility index (Phi) is 6.94. The average Bonchev–Trinajstić information content (AvgIpc) is 2.36. The summed E-state index contributed by atoms with van der Waals surface area (Å²) in [5, 5.41) is 0. The van der Waals surface area contributed by atoms with Crippen LogP contribution in [0, 0.1) is 11.3 Å². The molecule has 0 bridgehead atoms. The monoisotopic (exact) mass is 279 g/mol. The van der Waals surface area contributed by atoms with E-state index in [2.05, 4.69) is 39.3 Å². The maximum absolute atomic E-state index is 6.24. The lowest BCUT2D eigenvalue weighted by atomic mass is 9.72. The van der Waals surface area contributed by atoms with Gasteiger partial charge in [-0.25, -0.2) is 0 Å². The van der Waals surface area contributed by atoms with Gasteiger partial charge in [0.05, 0.1) is 18.8 Å². The van der Waals surface area contributed by atoms with E-state index >= 15 is 0 Å². The Morgan fingerprint density at radius 2 is 1.90 bits per heavy atom. The van der Waals surface area contributed by atoms with Gasteiger partial charge in [0.15, 0.2) is 0 Å². The van der Waals surface area contributed by atoms with E-state index in [0.29, 0.717) is 11.5 Å². The van der Waals surface area contributed by atoms with Crippen LogP contribution < -0.4 is 0 Å². The second-order valence-corrected chi connectivity index (χ2v) is 7.35. The van der Waals surface area contributed by atoms with Gasteiger partial charge in [-0.05, 0) is 55.9 Å². The third kappa shape index (κ3) is 6.21. The first-order chi connectivity index (χ1) is 9.32. The molecule has 0 amide bonds. The van der Waals surface area contributed by atoms with Gasteiger partial charge in [0.25, 0.3) is 0 Å². The van der Waals surface area contributed by atoms with Crippen molar-refractivity contribution in [1.82, 2.24) is 0 Å². The number of aliphatic imine (C=N–C) groups is 1. The molecule has 0 spiro atoms. The Bertz CT molecular complexity index is 319. The predicted molar refractivity (Wildman–Crippen MR) is 88.5 cm³/mol. The zero-order valence-corrected chi connectivity index (χ0v) is 14.1. The summed E-state index contributed by atoms with van der Waals surface area (Å²) >= 11 is 0. The van der Waals surface area contributed by atoms with E-state index in [9.17, 15) is 0 Å². The fraction of sp³-hybridized carbons (Fsp3) is 0.833. The summed E-state index contributed by atoms with van der Waals surface area (Å²) in [6.45, 7) is 15.8. The van der Waals surface area contributed by atoms with Crippen LogP contribution >= 0.6 is 0 Å². The molecule has 0 heterocycles. The van der Waals surface area contributed by atoms with Crippen molar-refractivity contribution in [2.45, 2.75) is 78.9 Å². The fourth-order valence-electron chi connectivity index (χ4n) is 2.93. The number of allylic oxidation sites excluding steroid dienone is 1. The lowest BCUT2D eigenvalue weighted by Crippen LogP contribution is -2.32. The molecule has 116 valence electrons. The third-order valence-electron chi connectivity index (χ3n) is 4.36. The largest absolute Gasteiger partial charge is 0.373 e. The Hall–Kier alpha value is -0.630. The molecule has 0 saturated heterocycles. The Morgan fingerprint density at radius 3 is 2.35 bits per heavy atom. The summed E-state index contributed by atoms with van der Waals surface area (Å²) in [5.74, 6) is 0.851. The zero-order chi connectivity index (χ0) is 15.2. The van der Waals surface area contributed by atoms with Crippen LogP contribution in [-0.2, 0) is 4.74 Å². The number of nitrogens with zero attached hydrogens (tertiary/aromatic N) is 1. The standard InChI is InChI=1S/C18H33NO/c1-7-16(13-19-12-14(2)3)20-17-10-8-15(9-11-17)18(4,5)6/h12,15-17H,2,7-11,13H2,1,3-6H3. The number of ether oxygens (including phenoxy) is 1. The molecule has 2 heteroatoms. The molecule has 0 aromatic heterocycles. The maximum Gasteiger partial charge on any atom is 0.0771 e. The zero-order valence-electron chi connectivity index (χ0n) is 14.1. The lowest BCUT2D eigenvalue weighted by molar-refractivity contribution is -0.0414. The second kappa shape index (κ2) is 7.97. The molecule has 2 nitrogen and oxygen atoms in total. The van der Waals surface area contributed by atoms with Crippen molar-refractivity contribution in [1.29, 1.82) is 0 Å². The molecule has 0 aromatic carbocycles. The van der Waals surface area contributed by atoms with E-state index in [4.69, 9.17) is 4.74 Å². The summed E-state index contributed by atoms with van der Waals surface area (Å²) in [6.07, 6.45) is 8.63. The first-order valence-electron chi connectivity index (χ1n) is 8.13. The van der Waals surface area contributed by atoms with E-state index < -0.39 is 0 Å². The minimum Gasteiger partial charge on any atom is -0.373 e. The van der Waals surface area contributed by atoms with Gasteiger partial charge >= 0.3 is 0 Å². The van der Waals surface area contributed by atoms with Gasteiger partial charge < -0.3 is 4.74 Å². The van der Waals surface area contributed by atoms with Crippen molar-refractivity contribution >= 4 is 6.21 Å². The molecule has 1 unspecified atom stereocenters. The van der Waals surface area contributed by atoms with Crippen LogP contribution in [0.3, 0.4) is 0 Å². The molecule has 1 aliphatic carbocycles. The first-order valence-corrected chi connectivity index (χ1v) is 8.13. The molecule has 1 aliphatic rings. The minimum absolute atomic E-state index is 0.266. The maximum atomic E-state index is 6.24. The molecule has 1 saturated carbocycles. The van der Waals surface area contributed by atoms with Crippen LogP contribution in [0.25, 0.3) is 0 Å². The summed E-state index contributed by atoms with van der Waals surface area (Å²) in [5.41, 5.74) is 1.45. The third-order valence-corrected chi connectivity index (χ3v) is 4.36. The van der Waals surface area contributed by atoms with E-state index in [1.165, 1.54) is 25.7 Å². The van der Waals surface area contributed by atoms with Gasteiger partial charge in [0, 0.05) is 6.21 Å². The van der Waals surface area contributed by atoms with Crippen LogP contribution in [0.15, 0.2) is 17.1 Å². The van der Waals surface area contributed by atoms with Crippen LogP contribution in [0.5, 0.6) is 0 Å². The summed E-state index contributed by atoms with van der Waals surface area (Å²) < 4.78 is 6.24. The molecule has 1 atom stereocenters. The summed E-state index contributed by atoms with van der Waals surface area (Å²) in [6, 6.07) is 0. The average molecular weight is 279 g/mol. The van der Waals surface area contributed by atoms with Crippen LogP contribution in [0.4, 0.5) is 0 Å². The highest BCUT2D eigenvalue weighted by atomic mass is 16.5. The van der Waals surface area contributed by atoms with E-state index in [0.717, 1.165) is 24.5 Å². The molecule has 20 heavy (non-hydrogen) atoms. The Labute approximate surface area is 125 Å². The highest BCUT2D eigenvalue weighted by molar-refractivity contribution is 5.76. The van der Waals surface area contributed by atoms with Crippen molar-refractivity contribution in [3.63, 3.8) is 0 Å². The molecular weight excluding hydrogens is 246 g/mol. The van der Waals surface area contributed by atoms with E-state index in [1.54, 1.807) is 0 Å². The predicted octanol–water partition coefficient (Wildman–Crippen LogP) is 5.03. The molecular formula is C18H33NO. The van der Waals surface area contributed by atoms with Gasteiger partial charge in [0.2, 0.25) is 0 Å². The Balaban J connectivity index is 2.35. The van der Waals surface area contributed by atoms with Crippen molar-refractivity contribution < 1.29 is 4.74 Å². The van der Waals surface area contributed by atoms with Gasteiger partial charge in [0.1, 0.15) is 0 Å². The van der Waals surface area contributed by atoms with Gasteiger partial charge in [-0.15, -0.1) is 0 Å². The molecule has 1 rings (SSSR count). The number of hydrogen-bond donors (Lipinski definition) is 0. The highest BCUT2D eigenvalue weighted by Crippen LogP contribution is 2.38. The first kappa shape index (κ1) is 17.4. The summed E-state index contributed by atoms with van der Waals surface area (Å²) in [7, 11) is 0. The number of rotatable bonds is 6. The molecule has 0 radical (unpaired) electrons. The van der Waals surface area contributed by atoms with Crippen molar-refractivity contribution in [2.24, 2.45) is 16.3 Å². The fourth-order valence-corrected chi connectivity index (χ4v) is 2.93. The van der Waals surface area contributed by atoms with Gasteiger partial charge in [-0.1, -0.05) is 34.3 Å². The normalized spacial score (nSPS) is 25.9. The smallest absolute Gasteiger partial charge is 0.0771 e. The number of hydrogen-bond acceptors (Lipinski definition) is 2. The van der Waals surface area contributed by atoms with Crippen molar-refractivity contribution in [3.05, 3.63) is 12.2 Å². The molecule has 1 fully saturated rings. The Morgan fingerprint density at radius 1 is 1.30 bits per heavy atom. The highest BCUT2D eigenvalue weighted by Gasteiger charge is 2.30. The van der Waals surface area contributed by atoms with Crippen LogP contribution in [0.1, 0.15) is 66.7 Å². The van der Waals surface area contributed by atoms with Gasteiger partial charge in [-0.3, -0.25) is 4.99 Å². The quantitative estimate of drug-likeness (QED) is 0.625. The van der Waals surface area contributed by atoms with Crippen LogP contribution in [-0.4, -0.2) is 25.0 Å². The topological polar surface area (TPSA) is 21.6 Å². The van der Waals surface area contributed by atoms with Crippen molar-refractivity contribution in [3.8, 4) is 0 Å². The second-order valence-electron chi connectivity index (χ2n) is 7.35. The molecule has 0 aromatic rings. The summed E-state index contributed by atoms with van der Waals surface area (Å²) in [4.78, 5) is 4.41.